The second-order valence-corrected chi connectivity index (χ2v) is 15.3. The number of nitrogens with zero attached hydrogens (tertiary/aromatic N) is 1. The summed E-state index contributed by atoms with van der Waals surface area (Å²) in [7, 11) is 0. The number of hydrogen-bond donors (Lipinski definition) is 8. The van der Waals surface area contributed by atoms with E-state index in [1.165, 1.54) is 0 Å². The molecule has 1 saturated carbocycles. The van der Waals surface area contributed by atoms with E-state index in [-0.39, 0.29) is 66.0 Å². The number of nitrogens with one attached hydrogen (secondary N) is 3. The molecule has 16 heteroatoms. The van der Waals surface area contributed by atoms with Crippen molar-refractivity contribution < 1.29 is 53.8 Å². The number of ketones is 2. The van der Waals surface area contributed by atoms with Gasteiger partial charge in [0.05, 0.1) is 24.4 Å². The van der Waals surface area contributed by atoms with E-state index in [0.29, 0.717) is 18.4 Å². The minimum Gasteiger partial charge on any atom is -0.486 e. The van der Waals surface area contributed by atoms with Crippen LogP contribution < -0.4 is 36.1 Å². The van der Waals surface area contributed by atoms with Crippen LogP contribution in [0.4, 0.5) is 5.69 Å². The Balaban J connectivity index is 1.27. The molecule has 2 aliphatic carbocycles. The van der Waals surface area contributed by atoms with Gasteiger partial charge in [-0.3, -0.25) is 30.8 Å². The molecule has 9 unspecified atom stereocenters. The van der Waals surface area contributed by atoms with E-state index in [2.05, 4.69) is 16.0 Å². The van der Waals surface area contributed by atoms with Crippen molar-refractivity contribution in [3.8, 4) is 11.5 Å². The van der Waals surface area contributed by atoms with Gasteiger partial charge in [-0.2, -0.15) is 0 Å². The summed E-state index contributed by atoms with van der Waals surface area (Å²) >= 11 is 0. The largest absolute Gasteiger partial charge is 0.486 e. The van der Waals surface area contributed by atoms with Crippen molar-refractivity contribution in [1.82, 2.24) is 16.0 Å². The Bertz CT molecular complexity index is 2060. The van der Waals surface area contributed by atoms with Gasteiger partial charge in [0, 0.05) is 40.5 Å². The van der Waals surface area contributed by atoms with Crippen LogP contribution in [0.2, 0.25) is 0 Å². The lowest BCUT2D eigenvalue weighted by Gasteiger charge is -2.47. The first-order valence-electron chi connectivity index (χ1n) is 19.2. The van der Waals surface area contributed by atoms with E-state index < -0.39 is 78.9 Å². The maximum atomic E-state index is 14.4. The fraction of sp³-hybridized carbons (Fsp3) is 0.475. The van der Waals surface area contributed by atoms with Crippen LogP contribution in [0, 0.1) is 0 Å². The van der Waals surface area contributed by atoms with Gasteiger partial charge in [0.2, 0.25) is 12.2 Å². The van der Waals surface area contributed by atoms with Crippen LogP contribution in [0.1, 0.15) is 81.0 Å². The molecule has 56 heavy (non-hydrogen) atoms. The van der Waals surface area contributed by atoms with E-state index in [9.17, 15) is 34.8 Å². The number of amides is 1. The van der Waals surface area contributed by atoms with Crippen molar-refractivity contribution in [2.75, 3.05) is 31.4 Å². The minimum absolute atomic E-state index is 0.0408. The number of para-hydroxylation sites is 1. The number of aliphatic hydroxyl groups is 4. The molecule has 9 rings (SSSR count). The van der Waals surface area contributed by atoms with Gasteiger partial charge in [-0.15, -0.1) is 0 Å². The molecule has 1 spiro atoms. The summed E-state index contributed by atoms with van der Waals surface area (Å²) in [6, 6.07) is 15.1. The van der Waals surface area contributed by atoms with Crippen molar-refractivity contribution in [2.45, 2.75) is 92.8 Å². The minimum atomic E-state index is -1.75. The summed E-state index contributed by atoms with van der Waals surface area (Å²) in [5.41, 5.74) is 7.39. The zero-order chi connectivity index (χ0) is 38.9. The molecular formula is C40H45N5O11. The molecule has 6 aliphatic rings. The van der Waals surface area contributed by atoms with Gasteiger partial charge in [0.25, 0.3) is 0 Å². The maximum Gasteiger partial charge on any atom is 0.242 e. The van der Waals surface area contributed by atoms with Gasteiger partial charge in [0.1, 0.15) is 49.5 Å². The standard InChI is InChI=1S/C40H45N5O11/c41-39-43-36-27(37(52)44-39)42-18-45(36)25-10-4-3-7-20(25)19-11-15-54-40(12-5-6-13-40)35-31(50)30(49)32(51)38(56-35)55-33-23(19)17-24-26(34(33)53-16-14-46)29(48)22-9-2-1-8-21(22)28(24)47/h1-4,7-10,17,19,27,30-32,35-36,38-39,42-43,46,49-51H,5-6,11-16,18,41H2,(H,44,52). The first kappa shape index (κ1) is 37.1. The topological polar surface area (TPSA) is 234 Å². The Kier molecular flexibility index (Phi) is 9.59. The van der Waals surface area contributed by atoms with E-state index in [1.807, 2.05) is 29.2 Å². The van der Waals surface area contributed by atoms with Gasteiger partial charge in [-0.05, 0) is 37.0 Å². The van der Waals surface area contributed by atoms with E-state index in [4.69, 9.17) is 24.7 Å². The molecule has 3 saturated heterocycles. The molecule has 4 heterocycles. The predicted molar refractivity (Wildman–Crippen MR) is 197 cm³/mol. The third kappa shape index (κ3) is 5.90. The molecule has 4 aliphatic heterocycles. The number of aliphatic hydroxyl groups excluding tert-OH is 4. The Morgan fingerprint density at radius 3 is 2.41 bits per heavy atom. The monoisotopic (exact) mass is 771 g/mol. The summed E-state index contributed by atoms with van der Waals surface area (Å²) in [6.45, 7) is -0.308. The zero-order valence-corrected chi connectivity index (χ0v) is 30.4. The van der Waals surface area contributed by atoms with Crippen LogP contribution in [0.3, 0.4) is 0 Å². The highest BCUT2D eigenvalue weighted by Crippen LogP contribution is 2.51. The number of ether oxygens (including phenoxy) is 4. The van der Waals surface area contributed by atoms with Gasteiger partial charge in [-0.25, -0.2) is 0 Å². The quantitative estimate of drug-likeness (QED) is 0.132. The Morgan fingerprint density at radius 2 is 1.64 bits per heavy atom. The molecule has 296 valence electrons. The highest BCUT2D eigenvalue weighted by atomic mass is 16.7. The fourth-order valence-corrected chi connectivity index (χ4v) is 9.49. The lowest BCUT2D eigenvalue weighted by atomic mass is 9.79. The maximum absolute atomic E-state index is 14.4. The predicted octanol–water partition coefficient (Wildman–Crippen LogP) is -0.0920. The van der Waals surface area contributed by atoms with E-state index in [1.54, 1.807) is 30.3 Å². The van der Waals surface area contributed by atoms with Crippen molar-refractivity contribution in [1.29, 1.82) is 0 Å². The molecule has 4 fully saturated rings. The number of carbonyl (C=O) groups is 3. The summed E-state index contributed by atoms with van der Waals surface area (Å²) in [6.07, 6.45) is -6.03. The van der Waals surface area contributed by atoms with Crippen molar-refractivity contribution in [2.24, 2.45) is 5.73 Å². The summed E-state index contributed by atoms with van der Waals surface area (Å²) in [4.78, 5) is 43.7. The average Bonchev–Trinajstić information content (AvgIpc) is 3.86. The van der Waals surface area contributed by atoms with Crippen LogP contribution in [0.15, 0.2) is 54.6 Å². The van der Waals surface area contributed by atoms with E-state index in [0.717, 1.165) is 24.1 Å². The smallest absolute Gasteiger partial charge is 0.242 e. The zero-order valence-electron chi connectivity index (χ0n) is 30.4. The molecule has 0 radical (unpaired) electrons. The molecule has 0 aromatic heterocycles. The second-order valence-electron chi connectivity index (χ2n) is 15.3. The Morgan fingerprint density at radius 1 is 0.911 bits per heavy atom. The summed E-state index contributed by atoms with van der Waals surface area (Å²) in [5.74, 6) is -2.00. The highest BCUT2D eigenvalue weighted by molar-refractivity contribution is 6.29. The van der Waals surface area contributed by atoms with Crippen LogP contribution in [0.25, 0.3) is 0 Å². The number of fused-ring (bicyclic) bond motifs is 7. The molecule has 3 aromatic carbocycles. The van der Waals surface area contributed by atoms with Crippen LogP contribution in [0.5, 0.6) is 11.5 Å². The number of anilines is 1. The van der Waals surface area contributed by atoms with Crippen molar-refractivity contribution in [3.63, 3.8) is 0 Å². The SMILES string of the molecule is NC1NC(=O)C2NCN(c3ccccc3C3CCOC4(CCCC4)C4OC(Oc5c3cc3c(c5OCCO)C(=O)c5ccccc5C3=O)C(O)C(O)C4O)C2N1. The number of benzene rings is 3. The normalized spacial score (nSPS) is 32.1. The van der Waals surface area contributed by atoms with Gasteiger partial charge in [-0.1, -0.05) is 55.3 Å². The first-order chi connectivity index (χ1) is 27.1. The average molecular weight is 772 g/mol. The highest BCUT2D eigenvalue weighted by Gasteiger charge is 2.56. The lowest BCUT2D eigenvalue weighted by Crippen LogP contribution is -2.70. The van der Waals surface area contributed by atoms with Crippen LogP contribution in [-0.4, -0.2) is 119 Å². The van der Waals surface area contributed by atoms with Gasteiger partial charge >= 0.3 is 0 Å². The molecule has 2 bridgehead atoms. The number of carbonyl (C=O) groups excluding carboxylic acids is 3. The molecular weight excluding hydrogens is 726 g/mol. The molecule has 16 nitrogen and oxygen atoms in total. The van der Waals surface area contributed by atoms with Crippen LogP contribution in [-0.2, 0) is 14.3 Å². The Hall–Kier alpha value is -4.49. The molecule has 9 atom stereocenters. The fourth-order valence-electron chi connectivity index (χ4n) is 9.49. The third-order valence-electron chi connectivity index (χ3n) is 12.1. The van der Waals surface area contributed by atoms with Crippen molar-refractivity contribution >= 4 is 23.2 Å². The lowest BCUT2D eigenvalue weighted by molar-refractivity contribution is -0.309. The summed E-state index contributed by atoms with van der Waals surface area (Å²) < 4.78 is 26.0. The van der Waals surface area contributed by atoms with Crippen molar-refractivity contribution in [3.05, 3.63) is 88.0 Å². The van der Waals surface area contributed by atoms with Gasteiger partial charge in [0.15, 0.2) is 23.1 Å². The molecule has 3 aromatic rings. The first-order valence-corrected chi connectivity index (χ1v) is 19.2. The Labute approximate surface area is 321 Å². The van der Waals surface area contributed by atoms with E-state index >= 15 is 0 Å². The molecule has 1 amide bonds. The summed E-state index contributed by atoms with van der Waals surface area (Å²) in [5, 5.41) is 53.3. The second kappa shape index (κ2) is 14.5. The van der Waals surface area contributed by atoms with Crippen LogP contribution >= 0.6 is 0 Å². The number of rotatable bonds is 5. The number of hydrogen-bond acceptors (Lipinski definition) is 15. The third-order valence-corrected chi connectivity index (χ3v) is 12.1. The molecule has 9 N–H and O–H groups in total. The number of nitrogens with two attached hydrogens (primary N) is 1. The van der Waals surface area contributed by atoms with Gasteiger partial charge < -0.3 is 49.6 Å².